The topological polar surface area (TPSA) is 56.2 Å². The lowest BCUT2D eigenvalue weighted by Gasteiger charge is -2.40. The molecule has 1 aromatic heterocycles. The molecule has 5 nitrogen and oxygen atoms in total. The van der Waals surface area contributed by atoms with Crippen molar-refractivity contribution >= 4 is 5.91 Å². The Bertz CT molecular complexity index is 462. The Hall–Kier alpha value is -1.36. The Labute approximate surface area is 120 Å². The number of carbonyl (C=O) groups is 1. The van der Waals surface area contributed by atoms with Crippen LogP contribution in [0.25, 0.3) is 0 Å². The smallest absolute Gasteiger partial charge is 0.271 e. The van der Waals surface area contributed by atoms with Crippen LogP contribution in [0.2, 0.25) is 0 Å². The fourth-order valence-electron chi connectivity index (χ4n) is 2.85. The summed E-state index contributed by atoms with van der Waals surface area (Å²) < 4.78 is 7.70. The van der Waals surface area contributed by atoms with Gasteiger partial charge in [-0.3, -0.25) is 4.79 Å². The minimum absolute atomic E-state index is 0.0980. The third kappa shape index (κ3) is 3.60. The predicted molar refractivity (Wildman–Crippen MR) is 77.5 cm³/mol. The molecule has 0 spiro atoms. The average Bonchev–Trinajstić information content (AvgIpc) is 2.82. The summed E-state index contributed by atoms with van der Waals surface area (Å²) in [6.07, 6.45) is 5.73. The van der Waals surface area contributed by atoms with Gasteiger partial charge < -0.3 is 14.6 Å². The second kappa shape index (κ2) is 5.95. The number of nitrogens with one attached hydrogen (secondary N) is 1. The Kier molecular flexibility index (Phi) is 4.48. The van der Waals surface area contributed by atoms with Gasteiger partial charge in [0.1, 0.15) is 5.69 Å². The Morgan fingerprint density at radius 2 is 2.30 bits per heavy atom. The molecular weight excluding hydrogens is 254 g/mol. The molecule has 2 unspecified atom stereocenters. The fraction of sp³-hybridized carbons (Fsp3) is 0.733. The third-order valence-corrected chi connectivity index (χ3v) is 3.76. The zero-order chi connectivity index (χ0) is 14.8. The van der Waals surface area contributed by atoms with E-state index in [-0.39, 0.29) is 17.4 Å². The predicted octanol–water partition coefficient (Wildman–Crippen LogP) is 1.99. The number of aromatic nitrogens is 2. The molecule has 2 atom stereocenters. The van der Waals surface area contributed by atoms with Gasteiger partial charge in [-0.2, -0.15) is 0 Å². The highest BCUT2D eigenvalue weighted by Gasteiger charge is 2.35. The second-order valence-corrected chi connectivity index (χ2v) is 6.69. The minimum atomic E-state index is -0.108. The van der Waals surface area contributed by atoms with E-state index in [4.69, 9.17) is 4.74 Å². The van der Waals surface area contributed by atoms with Crippen LogP contribution in [0.4, 0.5) is 0 Å². The van der Waals surface area contributed by atoms with Gasteiger partial charge in [0.15, 0.2) is 0 Å². The number of nitrogens with zero attached hydrogens (tertiary/aromatic N) is 2. The number of ether oxygens (including phenoxy) is 1. The second-order valence-electron chi connectivity index (χ2n) is 6.69. The lowest BCUT2D eigenvalue weighted by atomic mass is 9.78. The first-order valence-electron chi connectivity index (χ1n) is 7.25. The Morgan fingerprint density at radius 3 is 2.90 bits per heavy atom. The summed E-state index contributed by atoms with van der Waals surface area (Å²) in [6.45, 7) is 8.05. The lowest BCUT2D eigenvalue weighted by Crippen LogP contribution is -2.45. The number of rotatable bonds is 3. The molecule has 5 heteroatoms. The quantitative estimate of drug-likeness (QED) is 0.920. The molecule has 1 aromatic rings. The summed E-state index contributed by atoms with van der Waals surface area (Å²) in [7, 11) is 1.86. The van der Waals surface area contributed by atoms with Crippen LogP contribution in [0.15, 0.2) is 12.5 Å². The largest absolute Gasteiger partial charge is 0.377 e. The van der Waals surface area contributed by atoms with Crippen LogP contribution in [0, 0.1) is 11.3 Å². The number of carbonyl (C=O) groups excluding carboxylic acids is 1. The maximum absolute atomic E-state index is 12.0. The van der Waals surface area contributed by atoms with E-state index in [9.17, 15) is 4.79 Å². The summed E-state index contributed by atoms with van der Waals surface area (Å²) in [5, 5.41) is 2.99. The van der Waals surface area contributed by atoms with E-state index >= 15 is 0 Å². The molecule has 0 saturated carbocycles. The van der Waals surface area contributed by atoms with E-state index in [1.165, 1.54) is 0 Å². The van der Waals surface area contributed by atoms with Crippen molar-refractivity contribution in [3.05, 3.63) is 18.2 Å². The Morgan fingerprint density at radius 1 is 1.55 bits per heavy atom. The van der Waals surface area contributed by atoms with Gasteiger partial charge in [0.2, 0.25) is 0 Å². The highest BCUT2D eigenvalue weighted by atomic mass is 16.5. The summed E-state index contributed by atoms with van der Waals surface area (Å²) in [5.74, 6) is 0.264. The highest BCUT2D eigenvalue weighted by molar-refractivity contribution is 5.91. The van der Waals surface area contributed by atoms with Crippen LogP contribution in [0.3, 0.4) is 0 Å². The number of amides is 1. The van der Waals surface area contributed by atoms with Gasteiger partial charge in [-0.1, -0.05) is 20.8 Å². The fourth-order valence-corrected chi connectivity index (χ4v) is 2.85. The molecule has 1 amide bonds. The molecule has 0 aliphatic carbocycles. The Balaban J connectivity index is 1.93. The molecule has 1 saturated heterocycles. The number of aryl methyl sites for hydroxylation is 1. The van der Waals surface area contributed by atoms with E-state index in [0.717, 1.165) is 19.4 Å². The SMILES string of the molecule is Cn1cnc(C(=O)NCC2CCCOC2C(C)(C)C)c1. The number of hydrogen-bond acceptors (Lipinski definition) is 3. The van der Waals surface area contributed by atoms with Crippen LogP contribution in [0.1, 0.15) is 44.1 Å². The molecule has 20 heavy (non-hydrogen) atoms. The van der Waals surface area contributed by atoms with Gasteiger partial charge in [-0.15, -0.1) is 0 Å². The van der Waals surface area contributed by atoms with Crippen molar-refractivity contribution in [3.63, 3.8) is 0 Å². The van der Waals surface area contributed by atoms with Crippen molar-refractivity contribution in [2.75, 3.05) is 13.2 Å². The molecule has 1 fully saturated rings. The first-order valence-corrected chi connectivity index (χ1v) is 7.25. The molecule has 0 aromatic carbocycles. The molecule has 0 radical (unpaired) electrons. The van der Waals surface area contributed by atoms with Crippen molar-refractivity contribution in [1.82, 2.24) is 14.9 Å². The molecule has 1 aliphatic heterocycles. The van der Waals surface area contributed by atoms with Crippen LogP contribution < -0.4 is 5.32 Å². The van der Waals surface area contributed by atoms with E-state index in [1.807, 2.05) is 7.05 Å². The summed E-state index contributed by atoms with van der Waals surface area (Å²) in [6, 6.07) is 0. The molecule has 1 aliphatic rings. The number of hydrogen-bond donors (Lipinski definition) is 1. The highest BCUT2D eigenvalue weighted by Crippen LogP contribution is 2.33. The van der Waals surface area contributed by atoms with Gasteiger partial charge >= 0.3 is 0 Å². The standard InChI is InChI=1S/C15H25N3O2/c1-15(2,3)13-11(6-5-7-20-13)8-16-14(19)12-9-18(4)10-17-12/h9-11,13H,5-8H2,1-4H3,(H,16,19). The molecular formula is C15H25N3O2. The summed E-state index contributed by atoms with van der Waals surface area (Å²) in [5.41, 5.74) is 0.567. The van der Waals surface area contributed by atoms with Crippen LogP contribution in [-0.4, -0.2) is 34.7 Å². The molecule has 2 rings (SSSR count). The van der Waals surface area contributed by atoms with Crippen LogP contribution in [-0.2, 0) is 11.8 Å². The van der Waals surface area contributed by atoms with E-state index in [1.54, 1.807) is 17.1 Å². The van der Waals surface area contributed by atoms with Gasteiger partial charge in [-0.05, 0) is 18.3 Å². The number of imidazole rings is 1. The molecule has 2 heterocycles. The first-order chi connectivity index (χ1) is 9.38. The summed E-state index contributed by atoms with van der Waals surface area (Å²) in [4.78, 5) is 16.1. The van der Waals surface area contributed by atoms with E-state index < -0.39 is 0 Å². The molecule has 112 valence electrons. The summed E-state index contributed by atoms with van der Waals surface area (Å²) >= 11 is 0. The molecule has 1 N–H and O–H groups in total. The van der Waals surface area contributed by atoms with Crippen LogP contribution in [0.5, 0.6) is 0 Å². The van der Waals surface area contributed by atoms with Crippen molar-refractivity contribution in [2.24, 2.45) is 18.4 Å². The monoisotopic (exact) mass is 279 g/mol. The molecule has 0 bridgehead atoms. The van der Waals surface area contributed by atoms with Crippen molar-refractivity contribution in [3.8, 4) is 0 Å². The zero-order valence-electron chi connectivity index (χ0n) is 12.8. The average molecular weight is 279 g/mol. The van der Waals surface area contributed by atoms with Crippen LogP contribution >= 0.6 is 0 Å². The van der Waals surface area contributed by atoms with Gasteiger partial charge in [0, 0.05) is 32.3 Å². The van der Waals surface area contributed by atoms with Gasteiger partial charge in [0.05, 0.1) is 12.4 Å². The first kappa shape index (κ1) is 15.0. The van der Waals surface area contributed by atoms with E-state index in [2.05, 4.69) is 31.1 Å². The van der Waals surface area contributed by atoms with E-state index in [0.29, 0.717) is 18.2 Å². The van der Waals surface area contributed by atoms with Crippen molar-refractivity contribution in [1.29, 1.82) is 0 Å². The lowest BCUT2D eigenvalue weighted by molar-refractivity contribution is -0.0839. The van der Waals surface area contributed by atoms with Gasteiger partial charge in [-0.25, -0.2) is 4.98 Å². The minimum Gasteiger partial charge on any atom is -0.377 e. The zero-order valence-corrected chi connectivity index (χ0v) is 12.8. The normalized spacial score (nSPS) is 23.6. The third-order valence-electron chi connectivity index (χ3n) is 3.76. The maximum atomic E-state index is 12.0. The van der Waals surface area contributed by atoms with Crippen molar-refractivity contribution < 1.29 is 9.53 Å². The maximum Gasteiger partial charge on any atom is 0.271 e. The van der Waals surface area contributed by atoms with Gasteiger partial charge in [0.25, 0.3) is 5.91 Å². The van der Waals surface area contributed by atoms with Crippen molar-refractivity contribution in [2.45, 2.75) is 39.7 Å².